The summed E-state index contributed by atoms with van der Waals surface area (Å²) in [5.74, 6) is 0. The topological polar surface area (TPSA) is 9.23 Å². The summed E-state index contributed by atoms with van der Waals surface area (Å²) in [6.07, 6.45) is 0. The van der Waals surface area contributed by atoms with E-state index in [0.717, 1.165) is 13.2 Å². The van der Waals surface area contributed by atoms with Crippen molar-refractivity contribution in [1.82, 2.24) is 0 Å². The Morgan fingerprint density at radius 1 is 1.14 bits per heavy atom. The third kappa shape index (κ3) is 17.9. The van der Waals surface area contributed by atoms with Gasteiger partial charge in [0.05, 0.1) is 0 Å². The van der Waals surface area contributed by atoms with Crippen LogP contribution in [0.2, 0.25) is 0 Å². The molecule has 7 heavy (non-hydrogen) atoms. The first-order valence-corrected chi connectivity index (χ1v) is 1.99. The average Bonchev–Trinajstić information content (AvgIpc) is 1.41. The third-order valence-electron chi connectivity index (χ3n) is 0.408. The van der Waals surface area contributed by atoms with Gasteiger partial charge < -0.3 is 4.74 Å². The van der Waals surface area contributed by atoms with Gasteiger partial charge in [0.25, 0.3) is 0 Å². The van der Waals surface area contributed by atoms with E-state index in [9.17, 15) is 0 Å². The van der Waals surface area contributed by atoms with Gasteiger partial charge in [0, 0.05) is 13.2 Å². The van der Waals surface area contributed by atoms with Crippen molar-refractivity contribution in [2.24, 2.45) is 0 Å². The van der Waals surface area contributed by atoms with Gasteiger partial charge in [-0.25, -0.2) is 0 Å². The van der Waals surface area contributed by atoms with Gasteiger partial charge in [-0.3, -0.25) is 0 Å². The molecule has 0 fully saturated rings. The number of rotatable bonds is 2. The summed E-state index contributed by atoms with van der Waals surface area (Å²) in [7, 11) is 0. The summed E-state index contributed by atoms with van der Waals surface area (Å²) in [5.41, 5.74) is 0. The van der Waals surface area contributed by atoms with E-state index in [4.69, 9.17) is 4.74 Å². The number of hydrogen-bond acceptors (Lipinski definition) is 1. The van der Waals surface area contributed by atoms with Crippen LogP contribution in [0.5, 0.6) is 0 Å². The van der Waals surface area contributed by atoms with Gasteiger partial charge in [-0.15, -0.1) is 0 Å². The molecule has 0 saturated carbocycles. The van der Waals surface area contributed by atoms with Crippen LogP contribution in [-0.4, -0.2) is 80.5 Å². The molecule has 0 N–H and O–H groups in total. The van der Waals surface area contributed by atoms with Crippen molar-refractivity contribution in [3.8, 4) is 0 Å². The molecule has 0 aromatic rings. The van der Waals surface area contributed by atoms with Gasteiger partial charge >= 0.3 is 67.3 Å². The minimum absolute atomic E-state index is 0. The first-order chi connectivity index (χ1) is 2.41. The van der Waals surface area contributed by atoms with Crippen molar-refractivity contribution < 1.29 is 4.74 Å². The number of hydrogen-bond donors (Lipinski definition) is 0. The Morgan fingerprint density at radius 2 is 1.43 bits per heavy atom. The van der Waals surface area contributed by atoms with Crippen molar-refractivity contribution in [2.75, 3.05) is 13.2 Å². The fourth-order valence-corrected chi connectivity index (χ4v) is 0.204. The molecule has 0 aliphatic carbocycles. The maximum absolute atomic E-state index is 4.83. The molecule has 0 rings (SSSR count). The summed E-state index contributed by atoms with van der Waals surface area (Å²) < 4.78 is 4.83. The van der Waals surface area contributed by atoms with Crippen molar-refractivity contribution in [3.63, 3.8) is 0 Å². The van der Waals surface area contributed by atoms with Crippen LogP contribution in [0, 0.1) is 0 Å². The van der Waals surface area contributed by atoms with Crippen LogP contribution in [0.1, 0.15) is 13.8 Å². The van der Waals surface area contributed by atoms with E-state index in [1.807, 2.05) is 13.8 Å². The summed E-state index contributed by atoms with van der Waals surface area (Å²) in [6, 6.07) is 0. The van der Waals surface area contributed by atoms with Crippen LogP contribution in [0.25, 0.3) is 0 Å². The molecular formula is C4H13CaNaO. The van der Waals surface area contributed by atoms with Crippen LogP contribution < -0.4 is 0 Å². The molecule has 38 valence electrons. The second-order valence-electron chi connectivity index (χ2n) is 0.781. The van der Waals surface area contributed by atoms with E-state index in [0.29, 0.717) is 0 Å². The number of ether oxygens (including phenoxy) is 1. The van der Waals surface area contributed by atoms with Gasteiger partial charge in [-0.2, -0.15) is 0 Å². The summed E-state index contributed by atoms with van der Waals surface area (Å²) >= 11 is 0. The van der Waals surface area contributed by atoms with E-state index in [2.05, 4.69) is 0 Å². The molecule has 0 aliphatic heterocycles. The van der Waals surface area contributed by atoms with Crippen molar-refractivity contribution in [3.05, 3.63) is 0 Å². The van der Waals surface area contributed by atoms with E-state index in [1.165, 1.54) is 0 Å². The van der Waals surface area contributed by atoms with Crippen molar-refractivity contribution >= 4 is 67.3 Å². The zero-order chi connectivity index (χ0) is 4.12. The Hall–Kier alpha value is 2.22. The Kier molecular flexibility index (Phi) is 36.2. The predicted octanol–water partition coefficient (Wildman–Crippen LogP) is -0.522. The standard InChI is InChI=1S/C4H10O.Ca.Na.3H/c1-3-5-4-2;;;;;/h3-4H2,1-2H3;;;;;. The zero-order valence-electron chi connectivity index (χ0n) is 3.82. The second-order valence-corrected chi connectivity index (χ2v) is 0.781. The normalized spacial score (nSPS) is 6.00. The van der Waals surface area contributed by atoms with Crippen molar-refractivity contribution in [1.29, 1.82) is 0 Å². The van der Waals surface area contributed by atoms with E-state index in [1.54, 1.807) is 0 Å². The zero-order valence-corrected chi connectivity index (χ0v) is 3.82. The molecule has 3 heteroatoms. The molecule has 0 bridgehead atoms. The summed E-state index contributed by atoms with van der Waals surface area (Å²) in [5, 5.41) is 0. The van der Waals surface area contributed by atoms with Gasteiger partial charge in [0.1, 0.15) is 0 Å². The molecule has 0 amide bonds. The first kappa shape index (κ1) is 16.1. The Labute approximate surface area is 97.5 Å². The Balaban J connectivity index is -0.0000000800. The molecule has 0 heterocycles. The third-order valence-corrected chi connectivity index (χ3v) is 0.408. The van der Waals surface area contributed by atoms with Gasteiger partial charge in [-0.05, 0) is 13.8 Å². The molecule has 0 spiro atoms. The molecule has 0 radical (unpaired) electrons. The molecule has 0 aliphatic rings. The quantitative estimate of drug-likeness (QED) is 0.469. The van der Waals surface area contributed by atoms with E-state index >= 15 is 0 Å². The van der Waals surface area contributed by atoms with E-state index < -0.39 is 0 Å². The van der Waals surface area contributed by atoms with Gasteiger partial charge in [0.2, 0.25) is 0 Å². The van der Waals surface area contributed by atoms with Crippen LogP contribution in [0.15, 0.2) is 0 Å². The van der Waals surface area contributed by atoms with Crippen molar-refractivity contribution in [2.45, 2.75) is 13.8 Å². The van der Waals surface area contributed by atoms with Gasteiger partial charge in [0.15, 0.2) is 0 Å². The Bertz CT molecular complexity index is 19.2. The summed E-state index contributed by atoms with van der Waals surface area (Å²) in [4.78, 5) is 0. The molecule has 0 aromatic carbocycles. The molecule has 0 atom stereocenters. The molecule has 1 nitrogen and oxygen atoms in total. The molecular weight excluding hydrogens is 127 g/mol. The summed E-state index contributed by atoms with van der Waals surface area (Å²) in [6.45, 7) is 5.67. The molecule has 0 saturated heterocycles. The molecule has 0 unspecified atom stereocenters. The predicted molar refractivity (Wildman–Crippen MR) is 37.9 cm³/mol. The average molecular weight is 140 g/mol. The van der Waals surface area contributed by atoms with Crippen LogP contribution in [-0.2, 0) is 4.74 Å². The first-order valence-electron chi connectivity index (χ1n) is 1.99. The Morgan fingerprint density at radius 3 is 1.43 bits per heavy atom. The van der Waals surface area contributed by atoms with E-state index in [-0.39, 0.29) is 67.3 Å². The fraction of sp³-hybridized carbons (Fsp3) is 1.00. The van der Waals surface area contributed by atoms with Gasteiger partial charge in [-0.1, -0.05) is 0 Å². The minimum atomic E-state index is 0. The fourth-order valence-electron chi connectivity index (χ4n) is 0.204. The second kappa shape index (κ2) is 15.7. The van der Waals surface area contributed by atoms with Crippen LogP contribution in [0.4, 0.5) is 0 Å². The molecule has 0 aromatic heterocycles. The van der Waals surface area contributed by atoms with Crippen LogP contribution >= 0.6 is 0 Å². The van der Waals surface area contributed by atoms with Crippen LogP contribution in [0.3, 0.4) is 0 Å². The maximum atomic E-state index is 4.83. The SMILES string of the molecule is CCOCC.[CaH2].[NaH]. The monoisotopic (exact) mass is 140 g/mol.